The zero-order chi connectivity index (χ0) is 4.12. The molecule has 0 unspecified atom stereocenters. The van der Waals surface area contributed by atoms with Gasteiger partial charge >= 0.3 is 0 Å². The molecule has 0 nitrogen and oxygen atoms in total. The molecular formula is C3H5FSi. The van der Waals surface area contributed by atoms with Gasteiger partial charge in [0.25, 0.3) is 9.85 Å². The molecule has 0 N–H and O–H groups in total. The predicted octanol–water partition coefficient (Wildman–Crippen LogP) is 1.18. The van der Waals surface area contributed by atoms with Crippen LogP contribution < -0.4 is 0 Å². The SMILES string of the molecule is C=CC[Si]F. The highest BCUT2D eigenvalue weighted by molar-refractivity contribution is 6.26. The largest absolute Gasteiger partial charge is 0.315 e. The fourth-order valence-electron chi connectivity index (χ4n) is 0.0546. The Balaban J connectivity index is 2.40. The lowest BCUT2D eigenvalue weighted by Crippen LogP contribution is -1.67. The van der Waals surface area contributed by atoms with Gasteiger partial charge in [-0.2, -0.15) is 0 Å². The Morgan fingerprint density at radius 2 is 2.60 bits per heavy atom. The van der Waals surface area contributed by atoms with E-state index in [2.05, 4.69) is 6.58 Å². The van der Waals surface area contributed by atoms with Crippen molar-refractivity contribution in [1.29, 1.82) is 0 Å². The molecule has 0 rings (SSSR count). The average Bonchev–Trinajstić information content (AvgIpc) is 1.41. The Bertz CT molecular complexity index is 28.1. The molecule has 0 aromatic rings. The molecule has 0 spiro atoms. The molecule has 0 saturated carbocycles. The number of hydrogen-bond acceptors (Lipinski definition) is 0. The molecule has 0 fully saturated rings. The highest BCUT2D eigenvalue weighted by Gasteiger charge is 1.72. The van der Waals surface area contributed by atoms with E-state index in [0.29, 0.717) is 6.04 Å². The quantitative estimate of drug-likeness (QED) is 0.270. The van der Waals surface area contributed by atoms with Crippen molar-refractivity contribution in [2.24, 2.45) is 0 Å². The van der Waals surface area contributed by atoms with Gasteiger partial charge in [-0.25, -0.2) is 0 Å². The second-order valence-electron chi connectivity index (χ2n) is 0.626. The van der Waals surface area contributed by atoms with Gasteiger partial charge in [-0.05, 0) is 6.04 Å². The first-order chi connectivity index (χ1) is 2.41. The lowest BCUT2D eigenvalue weighted by molar-refractivity contribution is 0.869. The molecule has 0 aromatic carbocycles. The van der Waals surface area contributed by atoms with Gasteiger partial charge < -0.3 is 4.11 Å². The molecular weight excluding hydrogens is 83.1 g/mol. The van der Waals surface area contributed by atoms with Crippen LogP contribution in [-0.2, 0) is 0 Å². The average molecular weight is 88.2 g/mol. The smallest absolute Gasteiger partial charge is 0.298 e. The lowest BCUT2D eigenvalue weighted by atomic mass is 10.8. The van der Waals surface area contributed by atoms with Crippen molar-refractivity contribution in [1.82, 2.24) is 0 Å². The zero-order valence-electron chi connectivity index (χ0n) is 2.87. The Hall–Kier alpha value is -0.113. The van der Waals surface area contributed by atoms with Crippen molar-refractivity contribution in [3.05, 3.63) is 12.7 Å². The predicted molar refractivity (Wildman–Crippen MR) is 21.9 cm³/mol. The molecule has 0 bridgehead atoms. The van der Waals surface area contributed by atoms with Crippen molar-refractivity contribution in [2.45, 2.75) is 6.04 Å². The van der Waals surface area contributed by atoms with Gasteiger partial charge in [0.2, 0.25) is 0 Å². The second-order valence-corrected chi connectivity index (χ2v) is 1.30. The minimum absolute atomic E-state index is 0.460. The van der Waals surface area contributed by atoms with Crippen LogP contribution in [-0.4, -0.2) is 9.85 Å². The Kier molecular flexibility index (Phi) is 3.80. The maximum Gasteiger partial charge on any atom is 0.298 e. The third-order valence-corrected chi connectivity index (χ3v) is 0.664. The first-order valence-electron chi connectivity index (χ1n) is 1.36. The first kappa shape index (κ1) is 4.89. The third kappa shape index (κ3) is 3.89. The number of allylic oxidation sites excluding steroid dienone is 1. The van der Waals surface area contributed by atoms with Gasteiger partial charge in [-0.1, -0.05) is 6.08 Å². The monoisotopic (exact) mass is 88.0 g/mol. The maximum absolute atomic E-state index is 11.0. The first-order valence-corrected chi connectivity index (χ1v) is 2.44. The molecule has 2 heteroatoms. The number of rotatable bonds is 2. The molecule has 0 aromatic heterocycles. The molecule has 0 aliphatic heterocycles. The van der Waals surface area contributed by atoms with Crippen LogP contribution in [0.25, 0.3) is 0 Å². The highest BCUT2D eigenvalue weighted by Crippen LogP contribution is 1.74. The molecule has 5 heavy (non-hydrogen) atoms. The molecule has 0 aliphatic rings. The topological polar surface area (TPSA) is 0 Å². The van der Waals surface area contributed by atoms with Crippen LogP contribution in [0.5, 0.6) is 0 Å². The summed E-state index contributed by atoms with van der Waals surface area (Å²) in [6, 6.07) is 0.514. The van der Waals surface area contributed by atoms with Gasteiger partial charge in [-0.15, -0.1) is 6.58 Å². The molecule has 2 radical (unpaired) electrons. The van der Waals surface area contributed by atoms with Crippen LogP contribution in [0.15, 0.2) is 12.7 Å². The standard InChI is InChI=1S/C3H5FSi/c1-2-3-5-4/h2H,1,3H2. The van der Waals surface area contributed by atoms with E-state index >= 15 is 0 Å². The zero-order valence-corrected chi connectivity index (χ0v) is 3.87. The third-order valence-electron chi connectivity index (χ3n) is 0.221. The van der Waals surface area contributed by atoms with Gasteiger partial charge in [0.15, 0.2) is 0 Å². The van der Waals surface area contributed by atoms with Crippen molar-refractivity contribution < 1.29 is 4.11 Å². The van der Waals surface area contributed by atoms with Crippen LogP contribution >= 0.6 is 0 Å². The molecule has 0 saturated heterocycles. The molecule has 0 atom stereocenters. The summed E-state index contributed by atoms with van der Waals surface area (Å²) in [6.45, 7) is 3.32. The molecule has 0 heterocycles. The summed E-state index contributed by atoms with van der Waals surface area (Å²) in [6.07, 6.45) is 1.57. The Morgan fingerprint density at radius 3 is 2.60 bits per heavy atom. The van der Waals surface area contributed by atoms with Crippen LogP contribution in [0, 0.1) is 0 Å². The van der Waals surface area contributed by atoms with Gasteiger partial charge in [0.05, 0.1) is 0 Å². The summed E-state index contributed by atoms with van der Waals surface area (Å²) in [5.41, 5.74) is 0. The van der Waals surface area contributed by atoms with Crippen LogP contribution in [0.2, 0.25) is 6.04 Å². The fourth-order valence-corrected chi connectivity index (χ4v) is 0.164. The van der Waals surface area contributed by atoms with Gasteiger partial charge in [-0.3, -0.25) is 0 Å². The van der Waals surface area contributed by atoms with E-state index in [9.17, 15) is 4.11 Å². The van der Waals surface area contributed by atoms with Gasteiger partial charge in [0, 0.05) is 0 Å². The molecule has 0 amide bonds. The van der Waals surface area contributed by atoms with Crippen molar-refractivity contribution >= 4 is 9.85 Å². The van der Waals surface area contributed by atoms with Crippen molar-refractivity contribution in [3.63, 3.8) is 0 Å². The van der Waals surface area contributed by atoms with Crippen molar-refractivity contribution in [2.75, 3.05) is 0 Å². The minimum atomic E-state index is -0.460. The highest BCUT2D eigenvalue weighted by atomic mass is 28.3. The van der Waals surface area contributed by atoms with E-state index in [0.717, 1.165) is 0 Å². The number of halogens is 1. The maximum atomic E-state index is 11.0. The summed E-state index contributed by atoms with van der Waals surface area (Å²) < 4.78 is 11.0. The second kappa shape index (κ2) is 3.89. The van der Waals surface area contributed by atoms with E-state index in [1.807, 2.05) is 0 Å². The van der Waals surface area contributed by atoms with Crippen LogP contribution in [0.3, 0.4) is 0 Å². The summed E-state index contributed by atoms with van der Waals surface area (Å²) in [7, 11) is -0.460. The van der Waals surface area contributed by atoms with E-state index in [-0.39, 0.29) is 0 Å². The van der Waals surface area contributed by atoms with E-state index in [1.54, 1.807) is 6.08 Å². The van der Waals surface area contributed by atoms with E-state index in [4.69, 9.17) is 0 Å². The minimum Gasteiger partial charge on any atom is -0.315 e. The van der Waals surface area contributed by atoms with Crippen LogP contribution in [0.1, 0.15) is 0 Å². The number of hydrogen-bond donors (Lipinski definition) is 0. The summed E-state index contributed by atoms with van der Waals surface area (Å²) in [5.74, 6) is 0. The summed E-state index contributed by atoms with van der Waals surface area (Å²) in [4.78, 5) is 0. The summed E-state index contributed by atoms with van der Waals surface area (Å²) >= 11 is 0. The molecule has 0 aliphatic carbocycles. The lowest BCUT2D eigenvalue weighted by Gasteiger charge is -1.65. The Labute approximate surface area is 33.7 Å². The molecule has 28 valence electrons. The van der Waals surface area contributed by atoms with E-state index in [1.165, 1.54) is 0 Å². The van der Waals surface area contributed by atoms with Gasteiger partial charge in [0.1, 0.15) is 0 Å². The van der Waals surface area contributed by atoms with E-state index < -0.39 is 9.85 Å². The van der Waals surface area contributed by atoms with Crippen LogP contribution in [0.4, 0.5) is 4.11 Å². The normalized spacial score (nSPS) is 7.40. The fraction of sp³-hybridized carbons (Fsp3) is 0.333. The summed E-state index contributed by atoms with van der Waals surface area (Å²) in [5, 5.41) is 0. The van der Waals surface area contributed by atoms with Crippen molar-refractivity contribution in [3.8, 4) is 0 Å². The Morgan fingerprint density at radius 1 is 2.00 bits per heavy atom.